The van der Waals surface area contributed by atoms with Gasteiger partial charge in [0.15, 0.2) is 0 Å². The van der Waals surface area contributed by atoms with Gasteiger partial charge in [0.2, 0.25) is 5.43 Å². The van der Waals surface area contributed by atoms with Crippen molar-refractivity contribution in [2.24, 2.45) is 0 Å². The fourth-order valence-electron chi connectivity index (χ4n) is 2.79. The molecule has 1 atom stereocenters. The molecule has 0 aliphatic rings. The summed E-state index contributed by atoms with van der Waals surface area (Å²) in [6.45, 7) is 5.46. The highest BCUT2D eigenvalue weighted by molar-refractivity contribution is 5.99. The number of nitrogens with one attached hydrogen (secondary N) is 2. The SMILES string of the molecule is CCNC(=O)c1cn([C@H](C)CC)cc(C(=O)NCc2ccccc2OC(F)(F)F)c1=O. The van der Waals surface area contributed by atoms with Crippen molar-refractivity contribution < 1.29 is 27.5 Å². The molecule has 7 nitrogen and oxygen atoms in total. The highest BCUT2D eigenvalue weighted by Crippen LogP contribution is 2.26. The third kappa shape index (κ3) is 6.34. The summed E-state index contributed by atoms with van der Waals surface area (Å²) in [5.41, 5.74) is -1.15. The Morgan fingerprint density at radius 3 is 2.19 bits per heavy atom. The molecule has 2 amide bonds. The Morgan fingerprint density at radius 2 is 1.65 bits per heavy atom. The molecule has 0 aliphatic carbocycles. The molecule has 0 aliphatic heterocycles. The van der Waals surface area contributed by atoms with E-state index in [1.165, 1.54) is 30.6 Å². The fraction of sp³-hybridized carbons (Fsp3) is 0.381. The van der Waals surface area contributed by atoms with Crippen LogP contribution in [0.4, 0.5) is 13.2 Å². The summed E-state index contributed by atoms with van der Waals surface area (Å²) in [7, 11) is 0. The van der Waals surface area contributed by atoms with Crippen molar-refractivity contribution in [1.29, 1.82) is 0 Å². The molecule has 168 valence electrons. The molecule has 1 aromatic heterocycles. The number of carbonyl (C=O) groups excluding carboxylic acids is 2. The smallest absolute Gasteiger partial charge is 0.405 e. The normalized spacial score (nSPS) is 12.2. The molecule has 1 heterocycles. The average Bonchev–Trinajstić information content (AvgIpc) is 2.71. The van der Waals surface area contributed by atoms with Gasteiger partial charge in [-0.15, -0.1) is 13.2 Å². The van der Waals surface area contributed by atoms with E-state index in [2.05, 4.69) is 15.4 Å². The first kappa shape index (κ1) is 24.0. The maximum atomic E-state index is 12.7. The highest BCUT2D eigenvalue weighted by Gasteiger charge is 2.32. The van der Waals surface area contributed by atoms with E-state index < -0.39 is 29.4 Å². The molecule has 31 heavy (non-hydrogen) atoms. The number of hydrogen-bond acceptors (Lipinski definition) is 4. The van der Waals surface area contributed by atoms with Gasteiger partial charge in [0, 0.05) is 37.1 Å². The molecule has 0 saturated heterocycles. The Hall–Kier alpha value is -3.30. The molecule has 1 aromatic carbocycles. The van der Waals surface area contributed by atoms with Crippen LogP contribution in [0.3, 0.4) is 0 Å². The number of amides is 2. The van der Waals surface area contributed by atoms with Crippen LogP contribution in [0.1, 0.15) is 59.5 Å². The zero-order chi connectivity index (χ0) is 23.2. The van der Waals surface area contributed by atoms with E-state index in [0.29, 0.717) is 13.0 Å². The second-order valence-electron chi connectivity index (χ2n) is 6.82. The number of hydrogen-bond donors (Lipinski definition) is 2. The summed E-state index contributed by atoms with van der Waals surface area (Å²) in [5.74, 6) is -1.87. The standard InChI is InChI=1S/C21H24F3N3O4/c1-4-13(3)27-11-15(19(29)25-5-2)18(28)16(12-27)20(30)26-10-14-8-6-7-9-17(14)31-21(22,23)24/h6-9,11-13H,4-5,10H2,1-3H3,(H,25,29)(H,26,30)/t13-/m1/s1. The van der Waals surface area contributed by atoms with Gasteiger partial charge in [-0.25, -0.2) is 0 Å². The zero-order valence-electron chi connectivity index (χ0n) is 17.4. The summed E-state index contributed by atoms with van der Waals surface area (Å²) in [6, 6.07) is 5.26. The number of halogens is 3. The predicted octanol–water partition coefficient (Wildman–Crippen LogP) is 3.40. The zero-order valence-corrected chi connectivity index (χ0v) is 17.4. The number of carbonyl (C=O) groups is 2. The van der Waals surface area contributed by atoms with Crippen LogP contribution in [0.25, 0.3) is 0 Å². The third-order valence-corrected chi connectivity index (χ3v) is 4.61. The largest absolute Gasteiger partial charge is 0.573 e. The van der Waals surface area contributed by atoms with Gasteiger partial charge in [0.1, 0.15) is 16.9 Å². The van der Waals surface area contributed by atoms with E-state index in [9.17, 15) is 27.6 Å². The molecule has 0 saturated carbocycles. The second kappa shape index (κ2) is 10.1. The van der Waals surface area contributed by atoms with E-state index in [4.69, 9.17) is 0 Å². The average molecular weight is 439 g/mol. The first-order chi connectivity index (χ1) is 14.6. The first-order valence-electron chi connectivity index (χ1n) is 9.73. The van der Waals surface area contributed by atoms with Crippen LogP contribution < -0.4 is 20.8 Å². The minimum absolute atomic E-state index is 0.0790. The predicted molar refractivity (Wildman–Crippen MR) is 108 cm³/mol. The third-order valence-electron chi connectivity index (χ3n) is 4.61. The van der Waals surface area contributed by atoms with Gasteiger partial charge in [0.25, 0.3) is 11.8 Å². The van der Waals surface area contributed by atoms with Crippen LogP contribution in [0.15, 0.2) is 41.5 Å². The molecular formula is C21H24F3N3O4. The number of pyridine rings is 1. The number of alkyl halides is 3. The van der Waals surface area contributed by atoms with Crippen LogP contribution in [0.5, 0.6) is 5.75 Å². The Balaban J connectivity index is 2.34. The number of ether oxygens (including phenoxy) is 1. The Bertz CT molecular complexity index is 1000. The molecular weight excluding hydrogens is 415 g/mol. The van der Waals surface area contributed by atoms with Crippen LogP contribution >= 0.6 is 0 Å². The quantitative estimate of drug-likeness (QED) is 0.660. The van der Waals surface area contributed by atoms with Crippen molar-refractivity contribution >= 4 is 11.8 Å². The first-order valence-corrected chi connectivity index (χ1v) is 9.73. The lowest BCUT2D eigenvalue weighted by Gasteiger charge is -2.17. The van der Waals surface area contributed by atoms with Gasteiger partial charge >= 0.3 is 6.36 Å². The van der Waals surface area contributed by atoms with E-state index in [0.717, 1.165) is 6.07 Å². The van der Waals surface area contributed by atoms with Crippen molar-refractivity contribution in [3.8, 4) is 5.75 Å². The number of para-hydroxylation sites is 1. The number of aromatic nitrogens is 1. The molecule has 0 radical (unpaired) electrons. The molecule has 0 spiro atoms. The summed E-state index contributed by atoms with van der Waals surface area (Å²) in [6.07, 6.45) is -1.47. The van der Waals surface area contributed by atoms with Gasteiger partial charge in [-0.05, 0) is 26.3 Å². The van der Waals surface area contributed by atoms with Crippen molar-refractivity contribution in [2.45, 2.75) is 46.1 Å². The molecule has 0 unspecified atom stereocenters. The molecule has 10 heteroatoms. The maximum Gasteiger partial charge on any atom is 0.573 e. The molecule has 0 bridgehead atoms. The number of nitrogens with zero attached hydrogens (tertiary/aromatic N) is 1. The van der Waals surface area contributed by atoms with Crippen molar-refractivity contribution in [3.05, 3.63) is 63.6 Å². The minimum Gasteiger partial charge on any atom is -0.405 e. The van der Waals surface area contributed by atoms with Crippen LogP contribution in [-0.2, 0) is 6.54 Å². The Morgan fingerprint density at radius 1 is 1.06 bits per heavy atom. The van der Waals surface area contributed by atoms with Gasteiger partial charge in [-0.1, -0.05) is 25.1 Å². The molecule has 2 rings (SSSR count). The van der Waals surface area contributed by atoms with E-state index in [1.54, 1.807) is 11.5 Å². The molecule has 0 fully saturated rings. The van der Waals surface area contributed by atoms with Crippen molar-refractivity contribution in [2.75, 3.05) is 6.54 Å². The van der Waals surface area contributed by atoms with Crippen LogP contribution in [-0.4, -0.2) is 29.3 Å². The van der Waals surface area contributed by atoms with Gasteiger partial charge in [-0.3, -0.25) is 14.4 Å². The summed E-state index contributed by atoms with van der Waals surface area (Å²) in [5, 5.41) is 4.97. The topological polar surface area (TPSA) is 89.4 Å². The molecule has 2 aromatic rings. The Labute approximate surface area is 177 Å². The molecule has 2 N–H and O–H groups in total. The highest BCUT2D eigenvalue weighted by atomic mass is 19.4. The fourth-order valence-corrected chi connectivity index (χ4v) is 2.79. The minimum atomic E-state index is -4.88. The number of benzene rings is 1. The van der Waals surface area contributed by atoms with Gasteiger partial charge < -0.3 is 19.9 Å². The second-order valence-corrected chi connectivity index (χ2v) is 6.82. The Kier molecular flexibility index (Phi) is 7.84. The number of rotatable bonds is 8. The summed E-state index contributed by atoms with van der Waals surface area (Å²) in [4.78, 5) is 37.7. The van der Waals surface area contributed by atoms with Gasteiger partial charge in [0.05, 0.1) is 0 Å². The monoisotopic (exact) mass is 439 g/mol. The van der Waals surface area contributed by atoms with E-state index in [-0.39, 0.29) is 29.3 Å². The summed E-state index contributed by atoms with van der Waals surface area (Å²) >= 11 is 0. The summed E-state index contributed by atoms with van der Waals surface area (Å²) < 4.78 is 43.3. The van der Waals surface area contributed by atoms with E-state index in [1.807, 2.05) is 13.8 Å². The van der Waals surface area contributed by atoms with Crippen LogP contribution in [0.2, 0.25) is 0 Å². The lowest BCUT2D eigenvalue weighted by molar-refractivity contribution is -0.274. The van der Waals surface area contributed by atoms with E-state index >= 15 is 0 Å². The van der Waals surface area contributed by atoms with Crippen molar-refractivity contribution in [3.63, 3.8) is 0 Å². The van der Waals surface area contributed by atoms with Crippen molar-refractivity contribution in [1.82, 2.24) is 15.2 Å². The lowest BCUT2D eigenvalue weighted by atomic mass is 10.1. The maximum absolute atomic E-state index is 12.7. The van der Waals surface area contributed by atoms with Gasteiger partial charge in [-0.2, -0.15) is 0 Å². The van der Waals surface area contributed by atoms with Crippen LogP contribution in [0, 0.1) is 0 Å². The lowest BCUT2D eigenvalue weighted by Crippen LogP contribution is -2.35.